The van der Waals surface area contributed by atoms with Crippen LogP contribution in [0.1, 0.15) is 39.4 Å². The van der Waals surface area contributed by atoms with Crippen molar-refractivity contribution in [2.24, 2.45) is 0 Å². The number of hydrogen-bond donors (Lipinski definition) is 1. The van der Waals surface area contributed by atoms with Gasteiger partial charge in [-0.05, 0) is 24.1 Å². The molecule has 2 atom stereocenters. The molecule has 3 heterocycles. The van der Waals surface area contributed by atoms with E-state index < -0.39 is 0 Å². The zero-order valence-electron chi connectivity index (χ0n) is 16.5. The molecule has 28 heavy (non-hydrogen) atoms. The third kappa shape index (κ3) is 3.67. The first-order chi connectivity index (χ1) is 13.2. The highest BCUT2D eigenvalue weighted by Gasteiger charge is 2.28. The maximum Gasteiger partial charge on any atom is 0.146 e. The van der Waals surface area contributed by atoms with Gasteiger partial charge in [-0.3, -0.25) is 0 Å². The molecular weight excluding hydrogens is 379 g/mol. The van der Waals surface area contributed by atoms with E-state index in [0.717, 1.165) is 41.2 Å². The third-order valence-corrected chi connectivity index (χ3v) is 5.77. The van der Waals surface area contributed by atoms with E-state index in [1.807, 2.05) is 12.3 Å². The van der Waals surface area contributed by atoms with Gasteiger partial charge in [0.15, 0.2) is 0 Å². The number of rotatable bonds is 3. The molecule has 0 spiro atoms. The predicted molar refractivity (Wildman–Crippen MR) is 111 cm³/mol. The monoisotopic (exact) mass is 404 g/mol. The molecule has 4 rings (SSSR count). The quantitative estimate of drug-likeness (QED) is 0.783. The molecule has 0 bridgehead atoms. The van der Waals surface area contributed by atoms with Gasteiger partial charge in [-0.25, -0.2) is 14.4 Å². The average molecular weight is 405 g/mol. The molecule has 150 valence electrons. The molecule has 2 aliphatic rings. The lowest BCUT2D eigenvalue weighted by Crippen LogP contribution is -2.25. The fourth-order valence-electron chi connectivity index (χ4n) is 3.71. The SMILES string of the molecule is CC(C)(C)c1nc(N2CCC(O)C2)c2ccn(CC3=CC=C(F)CC3Cl)c2n1. The van der Waals surface area contributed by atoms with Gasteiger partial charge in [0, 0.05) is 37.7 Å². The molecule has 5 nitrogen and oxygen atoms in total. The summed E-state index contributed by atoms with van der Waals surface area (Å²) in [7, 11) is 0. The number of β-amino-alcohol motifs (C(OH)–C–C–N with tert-alkyl or cyclic N) is 1. The molecule has 1 fully saturated rings. The van der Waals surface area contributed by atoms with Crippen LogP contribution in [-0.4, -0.2) is 44.2 Å². The minimum Gasteiger partial charge on any atom is -0.391 e. The van der Waals surface area contributed by atoms with Crippen molar-refractivity contribution in [3.05, 3.63) is 41.6 Å². The van der Waals surface area contributed by atoms with Crippen LogP contribution in [-0.2, 0) is 12.0 Å². The zero-order valence-corrected chi connectivity index (χ0v) is 17.2. The fraction of sp³-hybridized carbons (Fsp3) is 0.524. The molecule has 2 aromatic rings. The highest BCUT2D eigenvalue weighted by atomic mass is 35.5. The van der Waals surface area contributed by atoms with Gasteiger partial charge in [-0.2, -0.15) is 0 Å². The minimum atomic E-state index is -0.348. The first-order valence-corrected chi connectivity index (χ1v) is 10.2. The summed E-state index contributed by atoms with van der Waals surface area (Å²) in [5, 5.41) is 10.6. The third-order valence-electron chi connectivity index (χ3n) is 5.34. The molecule has 1 saturated heterocycles. The highest BCUT2D eigenvalue weighted by Crippen LogP contribution is 2.32. The van der Waals surface area contributed by atoms with Gasteiger partial charge in [0.2, 0.25) is 0 Å². The summed E-state index contributed by atoms with van der Waals surface area (Å²) in [5.41, 5.74) is 1.60. The van der Waals surface area contributed by atoms with Gasteiger partial charge in [0.1, 0.15) is 23.1 Å². The lowest BCUT2D eigenvalue weighted by atomic mass is 9.95. The Morgan fingerprint density at radius 1 is 1.29 bits per heavy atom. The van der Waals surface area contributed by atoms with Crippen LogP contribution in [0.15, 0.2) is 35.8 Å². The molecule has 2 unspecified atom stereocenters. The van der Waals surface area contributed by atoms with Crippen molar-refractivity contribution >= 4 is 28.5 Å². The maximum absolute atomic E-state index is 13.5. The lowest BCUT2D eigenvalue weighted by molar-refractivity contribution is 0.198. The number of allylic oxidation sites excluding steroid dienone is 4. The summed E-state index contributed by atoms with van der Waals surface area (Å²) in [6, 6.07) is 2.02. The van der Waals surface area contributed by atoms with Gasteiger partial charge < -0.3 is 14.6 Å². The smallest absolute Gasteiger partial charge is 0.146 e. The van der Waals surface area contributed by atoms with Crippen molar-refractivity contribution in [2.75, 3.05) is 18.0 Å². The standard InChI is InChI=1S/C21H26ClFN4O/c1-21(2,3)20-24-18-16(19(25-20)27-8-6-15(28)12-27)7-9-26(18)11-13-4-5-14(23)10-17(13)22/h4-5,7,9,15,17,28H,6,8,10-12H2,1-3H3. The Morgan fingerprint density at radius 2 is 2.07 bits per heavy atom. The Labute approximate surface area is 169 Å². The van der Waals surface area contributed by atoms with E-state index in [0.29, 0.717) is 13.1 Å². The Balaban J connectivity index is 1.79. The largest absolute Gasteiger partial charge is 0.391 e. The van der Waals surface area contributed by atoms with E-state index in [2.05, 4.69) is 30.2 Å². The van der Waals surface area contributed by atoms with Crippen LogP contribution in [0.2, 0.25) is 0 Å². The molecule has 7 heteroatoms. The molecule has 1 aliphatic carbocycles. The number of nitrogens with zero attached hydrogens (tertiary/aromatic N) is 4. The molecule has 1 aliphatic heterocycles. The summed E-state index contributed by atoms with van der Waals surface area (Å²) in [6.45, 7) is 8.20. The van der Waals surface area contributed by atoms with Gasteiger partial charge >= 0.3 is 0 Å². The summed E-state index contributed by atoms with van der Waals surface area (Å²) < 4.78 is 15.5. The number of aliphatic hydroxyl groups is 1. The summed E-state index contributed by atoms with van der Waals surface area (Å²) in [6.07, 6.45) is 5.90. The van der Waals surface area contributed by atoms with Crippen molar-refractivity contribution in [2.45, 2.75) is 57.1 Å². The first kappa shape index (κ1) is 19.4. The van der Waals surface area contributed by atoms with Crippen LogP contribution in [0.5, 0.6) is 0 Å². The Kier molecular flexibility index (Phi) is 4.96. The van der Waals surface area contributed by atoms with Crippen molar-refractivity contribution in [3.63, 3.8) is 0 Å². The van der Waals surface area contributed by atoms with Crippen LogP contribution in [0.3, 0.4) is 0 Å². The molecular formula is C21H26ClFN4O. The number of halogens is 2. The Bertz CT molecular complexity index is 959. The topological polar surface area (TPSA) is 54.2 Å². The predicted octanol–water partition coefficient (Wildman–Crippen LogP) is 4.09. The Hall–Kier alpha value is -1.92. The van der Waals surface area contributed by atoms with E-state index in [4.69, 9.17) is 21.6 Å². The van der Waals surface area contributed by atoms with Crippen molar-refractivity contribution in [3.8, 4) is 0 Å². The van der Waals surface area contributed by atoms with Crippen molar-refractivity contribution in [1.29, 1.82) is 0 Å². The summed E-state index contributed by atoms with van der Waals surface area (Å²) >= 11 is 6.37. The summed E-state index contributed by atoms with van der Waals surface area (Å²) in [4.78, 5) is 11.9. The van der Waals surface area contributed by atoms with E-state index in [1.165, 1.54) is 6.08 Å². The highest BCUT2D eigenvalue weighted by molar-refractivity contribution is 6.22. The normalized spacial score (nSPS) is 23.3. The molecule has 1 N–H and O–H groups in total. The molecule has 0 radical (unpaired) electrons. The van der Waals surface area contributed by atoms with Gasteiger partial charge in [-0.1, -0.05) is 26.8 Å². The van der Waals surface area contributed by atoms with Crippen LogP contribution >= 0.6 is 11.6 Å². The van der Waals surface area contributed by atoms with Gasteiger partial charge in [0.05, 0.1) is 16.9 Å². The Morgan fingerprint density at radius 3 is 2.71 bits per heavy atom. The lowest BCUT2D eigenvalue weighted by Gasteiger charge is -2.23. The first-order valence-electron chi connectivity index (χ1n) is 9.72. The minimum absolute atomic E-state index is 0.187. The van der Waals surface area contributed by atoms with Crippen LogP contribution in [0.4, 0.5) is 10.2 Å². The van der Waals surface area contributed by atoms with Crippen LogP contribution < -0.4 is 4.90 Å². The summed E-state index contributed by atoms with van der Waals surface area (Å²) in [5.74, 6) is 1.45. The molecule has 2 aromatic heterocycles. The van der Waals surface area contributed by atoms with Gasteiger partial charge in [0.25, 0.3) is 0 Å². The van der Waals surface area contributed by atoms with Crippen LogP contribution in [0, 0.1) is 0 Å². The second kappa shape index (κ2) is 7.16. The van der Waals surface area contributed by atoms with E-state index in [9.17, 15) is 9.50 Å². The second-order valence-corrected chi connectivity index (χ2v) is 9.24. The molecule has 0 amide bonds. The van der Waals surface area contributed by atoms with E-state index >= 15 is 0 Å². The van der Waals surface area contributed by atoms with E-state index in [1.54, 1.807) is 6.08 Å². The number of alkyl halides is 1. The fourth-order valence-corrected chi connectivity index (χ4v) is 4.00. The molecule has 0 saturated carbocycles. The number of aliphatic hydroxyl groups excluding tert-OH is 1. The zero-order chi connectivity index (χ0) is 20.1. The van der Waals surface area contributed by atoms with Crippen molar-refractivity contribution < 1.29 is 9.50 Å². The number of aromatic nitrogens is 3. The van der Waals surface area contributed by atoms with Crippen molar-refractivity contribution in [1.82, 2.24) is 14.5 Å². The number of hydrogen-bond acceptors (Lipinski definition) is 4. The van der Waals surface area contributed by atoms with E-state index in [-0.39, 0.29) is 29.1 Å². The van der Waals surface area contributed by atoms with Crippen LogP contribution in [0.25, 0.3) is 11.0 Å². The van der Waals surface area contributed by atoms with Gasteiger partial charge in [-0.15, -0.1) is 11.6 Å². The maximum atomic E-state index is 13.5. The second-order valence-electron chi connectivity index (χ2n) is 8.72. The number of anilines is 1. The average Bonchev–Trinajstić information content (AvgIpc) is 3.22. The number of fused-ring (bicyclic) bond motifs is 1. The molecule has 0 aromatic carbocycles.